The Labute approximate surface area is 129 Å². The molecule has 3 N–H and O–H groups in total. The molecule has 22 heavy (non-hydrogen) atoms. The third kappa shape index (κ3) is 3.54. The van der Waals surface area contributed by atoms with Crippen LogP contribution in [0.5, 0.6) is 0 Å². The minimum atomic E-state index is 0.317. The molecule has 0 radical (unpaired) electrons. The molecule has 2 aromatic heterocycles. The van der Waals surface area contributed by atoms with E-state index in [1.807, 2.05) is 25.4 Å². The number of hydrogen-bond acceptors (Lipinski definition) is 6. The van der Waals surface area contributed by atoms with Gasteiger partial charge in [-0.05, 0) is 19.8 Å². The monoisotopic (exact) mass is 302 g/mol. The Bertz CT molecular complexity index is 620. The summed E-state index contributed by atoms with van der Waals surface area (Å²) in [6.45, 7) is 5.28. The van der Waals surface area contributed by atoms with E-state index in [4.69, 9.17) is 10.5 Å². The standard InChI is InChI=1S/C15H22N6O/c1-11-17-5-7-21(11)6-2-4-18-14-9-13(19-15(16)20-14)12-3-8-22-10-12/h5,7,9,12H,2-4,6,8,10H2,1H3,(H3,16,18,19,20)/t12-/m1/s1. The number of rotatable bonds is 6. The van der Waals surface area contributed by atoms with Gasteiger partial charge in [0.1, 0.15) is 11.6 Å². The molecule has 3 rings (SSSR count). The predicted octanol–water partition coefficient (Wildman–Crippen LogP) is 1.57. The van der Waals surface area contributed by atoms with E-state index >= 15 is 0 Å². The van der Waals surface area contributed by atoms with Crippen LogP contribution in [0.1, 0.15) is 30.3 Å². The van der Waals surface area contributed by atoms with Gasteiger partial charge in [0.2, 0.25) is 5.95 Å². The first kappa shape index (κ1) is 14.8. The van der Waals surface area contributed by atoms with Gasteiger partial charge < -0.3 is 20.4 Å². The number of nitrogens with two attached hydrogens (primary N) is 1. The summed E-state index contributed by atoms with van der Waals surface area (Å²) in [5, 5.41) is 3.33. The second-order valence-electron chi connectivity index (χ2n) is 5.54. The maximum absolute atomic E-state index is 5.81. The van der Waals surface area contributed by atoms with Gasteiger partial charge >= 0.3 is 0 Å². The number of aryl methyl sites for hydroxylation is 2. The fraction of sp³-hybridized carbons (Fsp3) is 0.533. The van der Waals surface area contributed by atoms with Gasteiger partial charge in [0.15, 0.2) is 0 Å². The summed E-state index contributed by atoms with van der Waals surface area (Å²) in [5.74, 6) is 2.48. The third-order valence-corrected chi connectivity index (χ3v) is 3.92. The first-order chi connectivity index (χ1) is 10.7. The molecule has 2 aromatic rings. The Morgan fingerprint density at radius 3 is 3.09 bits per heavy atom. The molecule has 0 spiro atoms. The van der Waals surface area contributed by atoms with E-state index in [1.54, 1.807) is 0 Å². The third-order valence-electron chi connectivity index (χ3n) is 3.92. The summed E-state index contributed by atoms with van der Waals surface area (Å²) in [6.07, 6.45) is 5.80. The van der Waals surface area contributed by atoms with E-state index in [0.717, 1.165) is 56.5 Å². The van der Waals surface area contributed by atoms with Crippen LogP contribution in [0.15, 0.2) is 18.5 Å². The number of imidazole rings is 1. The Morgan fingerprint density at radius 1 is 1.45 bits per heavy atom. The zero-order chi connectivity index (χ0) is 15.4. The number of nitrogen functional groups attached to an aromatic ring is 1. The predicted molar refractivity (Wildman–Crippen MR) is 84.7 cm³/mol. The van der Waals surface area contributed by atoms with Crippen molar-refractivity contribution >= 4 is 11.8 Å². The van der Waals surface area contributed by atoms with Gasteiger partial charge in [-0.1, -0.05) is 0 Å². The zero-order valence-electron chi connectivity index (χ0n) is 12.8. The van der Waals surface area contributed by atoms with Crippen molar-refractivity contribution in [3.63, 3.8) is 0 Å². The molecule has 1 fully saturated rings. The number of ether oxygens (including phenoxy) is 1. The first-order valence-electron chi connectivity index (χ1n) is 7.66. The fourth-order valence-corrected chi connectivity index (χ4v) is 2.66. The van der Waals surface area contributed by atoms with Crippen molar-refractivity contribution in [3.05, 3.63) is 30.0 Å². The van der Waals surface area contributed by atoms with Gasteiger partial charge in [0.05, 0.1) is 12.3 Å². The molecule has 0 bridgehead atoms. The molecular formula is C15H22N6O. The molecule has 0 aliphatic carbocycles. The lowest BCUT2D eigenvalue weighted by Gasteiger charge is -2.11. The molecule has 0 aromatic carbocycles. The lowest BCUT2D eigenvalue weighted by molar-refractivity contribution is 0.193. The summed E-state index contributed by atoms with van der Waals surface area (Å²) in [4.78, 5) is 12.8. The molecular weight excluding hydrogens is 280 g/mol. The Balaban J connectivity index is 1.54. The molecule has 1 aliphatic rings. The number of nitrogens with zero attached hydrogens (tertiary/aromatic N) is 4. The van der Waals surface area contributed by atoms with Crippen LogP contribution >= 0.6 is 0 Å². The fourth-order valence-electron chi connectivity index (χ4n) is 2.66. The normalized spacial score (nSPS) is 17.8. The van der Waals surface area contributed by atoms with E-state index in [0.29, 0.717) is 11.9 Å². The average Bonchev–Trinajstić information content (AvgIpc) is 3.15. The smallest absolute Gasteiger partial charge is 0.222 e. The van der Waals surface area contributed by atoms with Crippen LogP contribution < -0.4 is 11.1 Å². The van der Waals surface area contributed by atoms with Crippen LogP contribution in [0.3, 0.4) is 0 Å². The maximum atomic E-state index is 5.81. The van der Waals surface area contributed by atoms with Gasteiger partial charge in [0, 0.05) is 44.1 Å². The summed E-state index contributed by atoms with van der Waals surface area (Å²) in [5.41, 5.74) is 6.78. The molecule has 0 unspecified atom stereocenters. The highest BCUT2D eigenvalue weighted by Gasteiger charge is 2.20. The lowest BCUT2D eigenvalue weighted by atomic mass is 10.0. The zero-order valence-corrected chi connectivity index (χ0v) is 12.8. The highest BCUT2D eigenvalue weighted by atomic mass is 16.5. The molecule has 118 valence electrons. The van der Waals surface area contributed by atoms with E-state index in [1.165, 1.54) is 0 Å². The van der Waals surface area contributed by atoms with Crippen LogP contribution in [0.4, 0.5) is 11.8 Å². The van der Waals surface area contributed by atoms with E-state index < -0.39 is 0 Å². The van der Waals surface area contributed by atoms with E-state index in [9.17, 15) is 0 Å². The minimum Gasteiger partial charge on any atom is -0.381 e. The van der Waals surface area contributed by atoms with E-state index in [2.05, 4.69) is 24.8 Å². The minimum absolute atomic E-state index is 0.317. The van der Waals surface area contributed by atoms with Crippen molar-refractivity contribution in [2.45, 2.75) is 32.2 Å². The quantitative estimate of drug-likeness (QED) is 0.787. The van der Waals surface area contributed by atoms with Crippen molar-refractivity contribution in [2.24, 2.45) is 0 Å². The van der Waals surface area contributed by atoms with Crippen molar-refractivity contribution in [1.82, 2.24) is 19.5 Å². The first-order valence-corrected chi connectivity index (χ1v) is 7.66. The Hall–Kier alpha value is -2.15. The van der Waals surface area contributed by atoms with Gasteiger partial charge in [-0.25, -0.2) is 9.97 Å². The Kier molecular flexibility index (Phi) is 4.53. The van der Waals surface area contributed by atoms with Crippen LogP contribution in [0.25, 0.3) is 0 Å². The highest BCUT2D eigenvalue weighted by molar-refractivity contribution is 5.41. The van der Waals surface area contributed by atoms with Crippen molar-refractivity contribution in [3.8, 4) is 0 Å². The average molecular weight is 302 g/mol. The van der Waals surface area contributed by atoms with Gasteiger partial charge in [-0.2, -0.15) is 4.98 Å². The van der Waals surface area contributed by atoms with Gasteiger partial charge in [-0.15, -0.1) is 0 Å². The molecule has 0 amide bonds. The maximum Gasteiger partial charge on any atom is 0.222 e. The molecule has 7 nitrogen and oxygen atoms in total. The molecule has 3 heterocycles. The van der Waals surface area contributed by atoms with Gasteiger partial charge in [0.25, 0.3) is 0 Å². The van der Waals surface area contributed by atoms with Crippen LogP contribution in [0.2, 0.25) is 0 Å². The van der Waals surface area contributed by atoms with Crippen molar-refractivity contribution in [1.29, 1.82) is 0 Å². The molecule has 1 aliphatic heterocycles. The number of nitrogens with one attached hydrogen (secondary N) is 1. The largest absolute Gasteiger partial charge is 0.381 e. The lowest BCUT2D eigenvalue weighted by Crippen LogP contribution is -2.11. The van der Waals surface area contributed by atoms with E-state index in [-0.39, 0.29) is 0 Å². The highest BCUT2D eigenvalue weighted by Crippen LogP contribution is 2.25. The van der Waals surface area contributed by atoms with Crippen molar-refractivity contribution in [2.75, 3.05) is 30.8 Å². The molecule has 7 heteroatoms. The summed E-state index contributed by atoms with van der Waals surface area (Å²) in [7, 11) is 0. The number of hydrogen-bond donors (Lipinski definition) is 2. The van der Waals surface area contributed by atoms with Crippen molar-refractivity contribution < 1.29 is 4.74 Å². The number of aromatic nitrogens is 4. The van der Waals surface area contributed by atoms with Gasteiger partial charge in [-0.3, -0.25) is 0 Å². The Morgan fingerprint density at radius 2 is 2.36 bits per heavy atom. The molecule has 1 saturated heterocycles. The topological polar surface area (TPSA) is 90.9 Å². The number of anilines is 2. The van der Waals surface area contributed by atoms with Crippen LogP contribution in [-0.4, -0.2) is 39.3 Å². The molecule has 0 saturated carbocycles. The summed E-state index contributed by atoms with van der Waals surface area (Å²) < 4.78 is 7.55. The summed E-state index contributed by atoms with van der Waals surface area (Å²) >= 11 is 0. The second-order valence-corrected chi connectivity index (χ2v) is 5.54. The van der Waals surface area contributed by atoms with Crippen LogP contribution in [0, 0.1) is 6.92 Å². The summed E-state index contributed by atoms with van der Waals surface area (Å²) in [6, 6.07) is 1.98. The second kappa shape index (κ2) is 6.74. The molecule has 1 atom stereocenters. The van der Waals surface area contributed by atoms with Crippen LogP contribution in [-0.2, 0) is 11.3 Å². The SMILES string of the molecule is Cc1nccn1CCCNc1cc([C@@H]2CCOC2)nc(N)n1.